The van der Waals surface area contributed by atoms with Gasteiger partial charge in [0.25, 0.3) is 0 Å². The fourth-order valence-corrected chi connectivity index (χ4v) is 0.781. The van der Waals surface area contributed by atoms with Crippen molar-refractivity contribution in [1.29, 1.82) is 0 Å². The molecule has 18 heavy (non-hydrogen) atoms. The van der Waals surface area contributed by atoms with E-state index in [1.165, 1.54) is 12.2 Å². The van der Waals surface area contributed by atoms with Crippen LogP contribution >= 0.6 is 0 Å². The maximum Gasteiger partial charge on any atom is 0.225 e. The molecule has 1 aliphatic carbocycles. The van der Waals surface area contributed by atoms with Crippen LogP contribution < -0.4 is 0 Å². The molecule has 11 nitrogen and oxygen atoms in total. The molecular formula is C6H4N7O4S-. The van der Waals surface area contributed by atoms with E-state index < -0.39 is 22.8 Å². The van der Waals surface area contributed by atoms with E-state index in [-0.39, 0.29) is 4.52 Å². The quantitative estimate of drug-likeness (QED) is 0.140. The summed E-state index contributed by atoms with van der Waals surface area (Å²) in [4.78, 5) is 24.8. The van der Waals surface area contributed by atoms with Crippen LogP contribution in [0.25, 0.3) is 20.9 Å². The van der Waals surface area contributed by atoms with Crippen LogP contribution in [0, 0.1) is 0 Å². The first-order valence-corrected chi connectivity index (χ1v) is 4.98. The molecule has 0 aliphatic heterocycles. The molecule has 1 aliphatic rings. The highest BCUT2D eigenvalue weighted by molar-refractivity contribution is 7.76. The molecule has 0 aromatic carbocycles. The van der Waals surface area contributed by atoms with Gasteiger partial charge >= 0.3 is 0 Å². The lowest BCUT2D eigenvalue weighted by Gasteiger charge is -2.06. The van der Waals surface area contributed by atoms with Crippen molar-refractivity contribution >= 4 is 22.8 Å². The molecule has 12 heteroatoms. The molecule has 94 valence electrons. The van der Waals surface area contributed by atoms with Gasteiger partial charge in [0.05, 0.1) is 0 Å². The fraction of sp³-hybridized carbons (Fsp3) is 0. The molecule has 0 saturated heterocycles. The van der Waals surface area contributed by atoms with Crippen LogP contribution in [-0.2, 0) is 20.9 Å². The first-order chi connectivity index (χ1) is 8.52. The molecule has 0 N–H and O–H groups in total. The Labute approximate surface area is 102 Å². The zero-order chi connectivity index (χ0) is 14.0. The SMILES string of the molecule is O=C1C=CC=CC1=O.[N-]=[N+]=NN(N=[N+]=[N-])S(=O)[O-]. The van der Waals surface area contributed by atoms with Gasteiger partial charge < -0.3 is 4.55 Å². The van der Waals surface area contributed by atoms with Crippen LogP contribution in [0.1, 0.15) is 0 Å². The van der Waals surface area contributed by atoms with E-state index in [0.29, 0.717) is 0 Å². The number of hydrogen-bond acceptors (Lipinski definition) is 6. The Morgan fingerprint density at radius 3 is 1.72 bits per heavy atom. The molecule has 1 atom stereocenters. The number of azide groups is 1. The van der Waals surface area contributed by atoms with E-state index >= 15 is 0 Å². The van der Waals surface area contributed by atoms with E-state index in [9.17, 15) is 18.4 Å². The number of ketones is 2. The lowest BCUT2D eigenvalue weighted by Crippen LogP contribution is -2.10. The molecular weight excluding hydrogens is 266 g/mol. The van der Waals surface area contributed by atoms with Crippen LogP contribution in [0.2, 0.25) is 0 Å². The molecule has 0 amide bonds. The van der Waals surface area contributed by atoms with Crippen molar-refractivity contribution in [3.8, 4) is 0 Å². The van der Waals surface area contributed by atoms with Gasteiger partial charge in [-0.15, -0.1) is 11.1 Å². The summed E-state index contributed by atoms with van der Waals surface area (Å²) in [5.41, 5.74) is 15.3. The lowest BCUT2D eigenvalue weighted by atomic mass is 10.1. The van der Waals surface area contributed by atoms with Crippen LogP contribution in [0.3, 0.4) is 0 Å². The van der Waals surface area contributed by atoms with E-state index in [1.54, 1.807) is 12.2 Å². The molecule has 0 spiro atoms. The Morgan fingerprint density at radius 2 is 1.50 bits per heavy atom. The summed E-state index contributed by atoms with van der Waals surface area (Å²) >= 11 is -2.86. The topological polar surface area (TPSA) is 175 Å². The molecule has 0 fully saturated rings. The average molecular weight is 270 g/mol. The van der Waals surface area contributed by atoms with Crippen LogP contribution in [0.4, 0.5) is 0 Å². The highest BCUT2D eigenvalue weighted by atomic mass is 32.2. The molecule has 1 unspecified atom stereocenters. The largest absolute Gasteiger partial charge is 0.735 e. The number of rotatable bonds is 3. The average Bonchev–Trinajstić information content (AvgIpc) is 2.33. The van der Waals surface area contributed by atoms with Gasteiger partial charge in [-0.1, -0.05) is 16.7 Å². The van der Waals surface area contributed by atoms with Gasteiger partial charge in [0.15, 0.2) is 11.3 Å². The highest BCUT2D eigenvalue weighted by Gasteiger charge is 2.06. The second kappa shape index (κ2) is 8.50. The van der Waals surface area contributed by atoms with Gasteiger partial charge in [-0.05, 0) is 12.2 Å². The normalized spacial score (nSPS) is 13.6. The maximum atomic E-state index is 10.3. The predicted octanol–water partition coefficient (Wildman–Crippen LogP) is 0.784. The highest BCUT2D eigenvalue weighted by Crippen LogP contribution is 1.94. The number of hydrogen-bond donors (Lipinski definition) is 0. The molecule has 0 aromatic heterocycles. The monoisotopic (exact) mass is 270 g/mol. The molecule has 0 bridgehead atoms. The van der Waals surface area contributed by atoms with Gasteiger partial charge in [-0.2, -0.15) is 9.82 Å². The van der Waals surface area contributed by atoms with Gasteiger partial charge in [0.2, 0.25) is 11.6 Å². The molecule has 0 aromatic rings. The van der Waals surface area contributed by atoms with Crippen LogP contribution in [0.15, 0.2) is 34.8 Å². The zero-order valence-electron chi connectivity index (χ0n) is 8.48. The predicted molar refractivity (Wildman–Crippen MR) is 57.3 cm³/mol. The van der Waals surface area contributed by atoms with Crippen molar-refractivity contribution in [3.05, 3.63) is 45.2 Å². The number of carbonyl (C=O) groups excluding carboxylic acids is 2. The molecule has 1 rings (SSSR count). The van der Waals surface area contributed by atoms with Crippen molar-refractivity contribution < 1.29 is 18.4 Å². The van der Waals surface area contributed by atoms with Crippen molar-refractivity contribution in [2.24, 2.45) is 10.4 Å². The molecule has 0 heterocycles. The second-order valence-corrected chi connectivity index (χ2v) is 3.04. The van der Waals surface area contributed by atoms with E-state index in [1.807, 2.05) is 0 Å². The van der Waals surface area contributed by atoms with Crippen molar-refractivity contribution in [1.82, 2.24) is 4.52 Å². The number of allylic oxidation sites excluding steroid dienone is 4. The van der Waals surface area contributed by atoms with E-state index in [0.717, 1.165) is 0 Å². The fourth-order valence-electron chi connectivity index (χ4n) is 0.596. The summed E-state index contributed by atoms with van der Waals surface area (Å²) in [5.74, 6) is -0.875. The molecule has 0 saturated carbocycles. The van der Waals surface area contributed by atoms with Gasteiger partial charge in [0.1, 0.15) is 0 Å². The third kappa shape index (κ3) is 6.05. The Hall–Kier alpha value is -2.65. The Balaban J connectivity index is 0.000000327. The number of nitrogens with zero attached hydrogens (tertiary/aromatic N) is 7. The van der Waals surface area contributed by atoms with E-state index in [2.05, 4.69) is 20.3 Å². The number of carbonyl (C=O) groups is 2. The molecule has 0 radical (unpaired) electrons. The maximum absolute atomic E-state index is 10.3. The minimum atomic E-state index is -2.86. The van der Waals surface area contributed by atoms with Crippen LogP contribution in [0.5, 0.6) is 0 Å². The van der Waals surface area contributed by atoms with Crippen molar-refractivity contribution in [2.45, 2.75) is 0 Å². The first-order valence-electron chi connectivity index (χ1n) is 3.95. The lowest BCUT2D eigenvalue weighted by molar-refractivity contribution is -0.131. The summed E-state index contributed by atoms with van der Waals surface area (Å²) < 4.78 is 19.6. The Morgan fingerprint density at radius 1 is 1.11 bits per heavy atom. The smallest absolute Gasteiger partial charge is 0.225 e. The third-order valence-electron chi connectivity index (χ3n) is 1.22. The minimum absolute atomic E-state index is 0.139. The Kier molecular flexibility index (Phi) is 7.25. The second-order valence-electron chi connectivity index (χ2n) is 2.27. The van der Waals surface area contributed by atoms with Gasteiger partial charge in [0, 0.05) is 10.4 Å². The van der Waals surface area contributed by atoms with Gasteiger partial charge in [-0.25, -0.2) is 4.21 Å². The first kappa shape index (κ1) is 15.3. The standard InChI is InChI=1S/C6H4O2.HN7O2S/c7-5-3-1-2-4-6(5)8;1-3-5-7(6-4-2)10(8)9/h1-4H;(H,8,9)/p-1. The van der Waals surface area contributed by atoms with E-state index in [4.69, 9.17) is 11.1 Å². The summed E-state index contributed by atoms with van der Waals surface area (Å²) in [6, 6.07) is 0. The van der Waals surface area contributed by atoms with Crippen LogP contribution in [-0.4, -0.2) is 24.9 Å². The summed E-state index contributed by atoms with van der Waals surface area (Å²) in [7, 11) is 0. The van der Waals surface area contributed by atoms with Crippen molar-refractivity contribution in [2.75, 3.05) is 0 Å². The summed E-state index contributed by atoms with van der Waals surface area (Å²) in [6.07, 6.45) is 5.60. The summed E-state index contributed by atoms with van der Waals surface area (Å²) in [6.45, 7) is 0. The minimum Gasteiger partial charge on any atom is -0.735 e. The summed E-state index contributed by atoms with van der Waals surface area (Å²) in [5, 5.41) is 4.99. The Bertz CT molecular complexity index is 471. The van der Waals surface area contributed by atoms with Gasteiger partial charge in [-0.3, -0.25) is 9.59 Å². The zero-order valence-corrected chi connectivity index (χ0v) is 9.30. The van der Waals surface area contributed by atoms with Crippen molar-refractivity contribution in [3.63, 3.8) is 0 Å². The third-order valence-corrected chi connectivity index (χ3v) is 1.63.